The smallest absolute Gasteiger partial charge is 0.268 e. The molecule has 3 aromatic rings. The van der Waals surface area contributed by atoms with Crippen LogP contribution in [0.2, 0.25) is 0 Å². The maximum Gasteiger partial charge on any atom is 0.268 e. The van der Waals surface area contributed by atoms with Gasteiger partial charge < -0.3 is 5.32 Å². The van der Waals surface area contributed by atoms with Gasteiger partial charge in [-0.1, -0.05) is 12.1 Å². The molecule has 4 rings (SSSR count). The van der Waals surface area contributed by atoms with Crippen LogP contribution in [0.4, 0.5) is 0 Å². The molecular weight excluding hydrogens is 364 g/mol. The van der Waals surface area contributed by atoms with Gasteiger partial charge in [-0.05, 0) is 73.4 Å². The Morgan fingerprint density at radius 1 is 1.24 bits per heavy atom. The first-order valence-electron chi connectivity index (χ1n) is 10.1. The number of carbonyl (C=O) groups is 1. The Hall–Kier alpha value is -3.15. The molecule has 0 fully saturated rings. The minimum atomic E-state index is -0.305. The van der Waals surface area contributed by atoms with E-state index in [9.17, 15) is 9.59 Å². The highest BCUT2D eigenvalue weighted by Gasteiger charge is 2.20. The summed E-state index contributed by atoms with van der Waals surface area (Å²) in [5.41, 5.74) is 5.23. The van der Waals surface area contributed by atoms with E-state index in [1.54, 1.807) is 15.4 Å². The van der Waals surface area contributed by atoms with E-state index in [2.05, 4.69) is 16.5 Å². The summed E-state index contributed by atoms with van der Waals surface area (Å²) >= 11 is 0. The molecule has 0 spiro atoms. The van der Waals surface area contributed by atoms with E-state index in [0.29, 0.717) is 12.1 Å². The van der Waals surface area contributed by atoms with Gasteiger partial charge in [-0.15, -0.1) is 0 Å². The number of pyridine rings is 1. The Bertz CT molecular complexity index is 1110. The fourth-order valence-corrected chi connectivity index (χ4v) is 4.10. The van der Waals surface area contributed by atoms with Crippen molar-refractivity contribution in [1.29, 1.82) is 0 Å². The molecule has 2 heterocycles. The van der Waals surface area contributed by atoms with Crippen LogP contribution in [-0.2, 0) is 26.3 Å². The van der Waals surface area contributed by atoms with Crippen molar-refractivity contribution < 1.29 is 4.79 Å². The molecule has 1 N–H and O–H groups in total. The van der Waals surface area contributed by atoms with Crippen LogP contribution in [0.5, 0.6) is 0 Å². The van der Waals surface area contributed by atoms with Crippen LogP contribution in [0.3, 0.4) is 0 Å². The summed E-state index contributed by atoms with van der Waals surface area (Å²) in [6.07, 6.45) is 10.4. The zero-order valence-electron chi connectivity index (χ0n) is 16.9. The van der Waals surface area contributed by atoms with Crippen molar-refractivity contribution in [3.63, 3.8) is 0 Å². The summed E-state index contributed by atoms with van der Waals surface area (Å²) in [6.45, 7) is 2.33. The molecule has 1 aliphatic rings. The van der Waals surface area contributed by atoms with E-state index in [1.165, 1.54) is 11.1 Å². The molecule has 0 saturated heterocycles. The van der Waals surface area contributed by atoms with Gasteiger partial charge in [0.2, 0.25) is 0 Å². The molecule has 1 aromatic carbocycles. The zero-order chi connectivity index (χ0) is 20.4. The molecule has 0 radical (unpaired) electrons. The lowest BCUT2D eigenvalue weighted by atomic mass is 10.1. The molecule has 0 atom stereocenters. The fourth-order valence-electron chi connectivity index (χ4n) is 4.10. The van der Waals surface area contributed by atoms with Crippen LogP contribution in [-0.4, -0.2) is 26.8 Å². The number of aromatic nitrogens is 3. The van der Waals surface area contributed by atoms with E-state index in [-0.39, 0.29) is 17.0 Å². The van der Waals surface area contributed by atoms with Crippen LogP contribution in [0.1, 0.15) is 45.5 Å². The molecule has 0 bridgehead atoms. The van der Waals surface area contributed by atoms with Gasteiger partial charge in [0.1, 0.15) is 5.56 Å². The van der Waals surface area contributed by atoms with Gasteiger partial charge in [0.05, 0.1) is 11.9 Å². The Labute approximate surface area is 170 Å². The van der Waals surface area contributed by atoms with Gasteiger partial charge in [0.15, 0.2) is 0 Å². The average molecular weight is 390 g/mol. The summed E-state index contributed by atoms with van der Waals surface area (Å²) in [4.78, 5) is 26.0. The predicted octanol–water partition coefficient (Wildman–Crippen LogP) is 2.73. The highest BCUT2D eigenvalue weighted by atomic mass is 16.2. The van der Waals surface area contributed by atoms with E-state index < -0.39 is 0 Å². The van der Waals surface area contributed by atoms with Gasteiger partial charge >= 0.3 is 0 Å². The highest BCUT2D eigenvalue weighted by Crippen LogP contribution is 2.27. The zero-order valence-corrected chi connectivity index (χ0v) is 16.9. The Kier molecular flexibility index (Phi) is 5.34. The fraction of sp³-hybridized carbons (Fsp3) is 0.348. The quantitative estimate of drug-likeness (QED) is 0.658. The summed E-state index contributed by atoms with van der Waals surface area (Å²) in [7, 11) is 1.89. The second-order valence-corrected chi connectivity index (χ2v) is 7.70. The van der Waals surface area contributed by atoms with Crippen molar-refractivity contribution in [3.05, 3.63) is 81.0 Å². The summed E-state index contributed by atoms with van der Waals surface area (Å²) in [6, 6.07) is 7.93. The van der Waals surface area contributed by atoms with Crippen LogP contribution < -0.4 is 10.9 Å². The first kappa shape index (κ1) is 19.2. The van der Waals surface area contributed by atoms with Crippen LogP contribution in [0, 0.1) is 6.92 Å². The van der Waals surface area contributed by atoms with Crippen LogP contribution in [0.25, 0.3) is 5.69 Å². The average Bonchev–Trinajstić information content (AvgIpc) is 3.34. The molecule has 0 aliphatic heterocycles. The number of carbonyl (C=O) groups excluding carboxylic acids is 1. The monoisotopic (exact) mass is 390 g/mol. The number of nitrogens with one attached hydrogen (secondary N) is 1. The van der Waals surface area contributed by atoms with Crippen molar-refractivity contribution in [1.82, 2.24) is 19.7 Å². The van der Waals surface area contributed by atoms with Crippen molar-refractivity contribution >= 4 is 5.91 Å². The van der Waals surface area contributed by atoms with Crippen LogP contribution in [0.15, 0.2) is 47.7 Å². The molecule has 150 valence electrons. The third-order valence-electron chi connectivity index (χ3n) is 5.59. The second kappa shape index (κ2) is 8.07. The van der Waals surface area contributed by atoms with Crippen molar-refractivity contribution in [2.75, 3.05) is 6.54 Å². The van der Waals surface area contributed by atoms with E-state index >= 15 is 0 Å². The predicted molar refractivity (Wildman–Crippen MR) is 113 cm³/mol. The molecule has 29 heavy (non-hydrogen) atoms. The summed E-state index contributed by atoms with van der Waals surface area (Å²) < 4.78 is 3.39. The van der Waals surface area contributed by atoms with Gasteiger partial charge in [0, 0.05) is 26.0 Å². The number of rotatable bonds is 6. The van der Waals surface area contributed by atoms with E-state index in [1.807, 2.05) is 44.6 Å². The van der Waals surface area contributed by atoms with Gasteiger partial charge in [0.25, 0.3) is 11.5 Å². The molecule has 0 saturated carbocycles. The molecule has 6 nitrogen and oxygen atoms in total. The third kappa shape index (κ3) is 3.88. The molecule has 1 aliphatic carbocycles. The Morgan fingerprint density at radius 2 is 2.10 bits per heavy atom. The van der Waals surface area contributed by atoms with E-state index in [0.717, 1.165) is 43.4 Å². The number of benzene rings is 1. The number of hydrogen-bond acceptors (Lipinski definition) is 3. The third-order valence-corrected chi connectivity index (χ3v) is 5.59. The van der Waals surface area contributed by atoms with Gasteiger partial charge in [-0.2, -0.15) is 5.10 Å². The largest absolute Gasteiger partial charge is 0.352 e. The maximum absolute atomic E-state index is 13.2. The summed E-state index contributed by atoms with van der Waals surface area (Å²) in [5, 5.41) is 7.06. The number of fused-ring (bicyclic) bond motifs is 1. The van der Waals surface area contributed by atoms with Gasteiger partial charge in [-0.3, -0.25) is 18.8 Å². The molecule has 2 aromatic heterocycles. The highest BCUT2D eigenvalue weighted by molar-refractivity contribution is 5.95. The molecule has 6 heteroatoms. The number of aryl methyl sites for hydroxylation is 4. The lowest BCUT2D eigenvalue weighted by Gasteiger charge is -2.14. The molecule has 1 amide bonds. The lowest BCUT2D eigenvalue weighted by molar-refractivity contribution is 0.0950. The van der Waals surface area contributed by atoms with E-state index in [4.69, 9.17) is 0 Å². The van der Waals surface area contributed by atoms with Crippen molar-refractivity contribution in [2.45, 2.75) is 39.0 Å². The SMILES string of the molecule is Cc1ccn(-c2cccc3c2CCC3)c(=O)c1C(=O)NCCCc1cnn(C)c1. The molecular formula is C23H26N4O2. The lowest BCUT2D eigenvalue weighted by Crippen LogP contribution is -2.34. The van der Waals surface area contributed by atoms with Crippen molar-refractivity contribution in [2.24, 2.45) is 7.05 Å². The summed E-state index contributed by atoms with van der Waals surface area (Å²) in [5.74, 6) is -0.305. The molecule has 0 unspecified atom stereocenters. The normalized spacial score (nSPS) is 12.8. The minimum absolute atomic E-state index is 0.226. The maximum atomic E-state index is 13.2. The van der Waals surface area contributed by atoms with Crippen LogP contribution >= 0.6 is 0 Å². The Balaban J connectivity index is 1.52. The Morgan fingerprint density at radius 3 is 2.90 bits per heavy atom. The number of amides is 1. The van der Waals surface area contributed by atoms with Gasteiger partial charge in [-0.25, -0.2) is 0 Å². The topological polar surface area (TPSA) is 68.9 Å². The first-order valence-corrected chi connectivity index (χ1v) is 10.1. The standard InChI is InChI=1S/C23H26N4O2/c1-16-11-13-27(20-10-4-8-18-7-3-9-19(18)20)23(29)21(16)22(28)24-12-5-6-17-14-25-26(2)15-17/h4,8,10-11,13-15H,3,5-7,9,12H2,1-2H3,(H,24,28). The number of nitrogens with zero attached hydrogens (tertiary/aromatic N) is 3. The van der Waals surface area contributed by atoms with Crippen molar-refractivity contribution in [3.8, 4) is 5.69 Å². The minimum Gasteiger partial charge on any atom is -0.352 e. The number of hydrogen-bond donors (Lipinski definition) is 1. The first-order chi connectivity index (χ1) is 14.0. The second-order valence-electron chi connectivity index (χ2n) is 7.70.